The van der Waals surface area contributed by atoms with Gasteiger partial charge in [-0.1, -0.05) is 48.5 Å². The number of carbonyl (C=O) groups is 4. The van der Waals surface area contributed by atoms with Crippen molar-refractivity contribution in [3.63, 3.8) is 0 Å². The molecule has 16 nitrogen and oxygen atoms in total. The highest BCUT2D eigenvalue weighted by molar-refractivity contribution is 6.04. The van der Waals surface area contributed by atoms with E-state index in [-0.39, 0.29) is 47.7 Å². The maximum Gasteiger partial charge on any atom is 0.407 e. The van der Waals surface area contributed by atoms with Crippen molar-refractivity contribution in [1.29, 1.82) is 0 Å². The third-order valence-electron chi connectivity index (χ3n) is 13.8. The largest absolute Gasteiger partial charge is 0.453 e. The molecule has 0 saturated carbocycles. The molecule has 3 aromatic rings. The summed E-state index contributed by atoms with van der Waals surface area (Å²) in [5, 5.41) is 5.68. The Morgan fingerprint density at radius 3 is 1.89 bits per heavy atom. The smallest absolute Gasteiger partial charge is 0.407 e. The Hall–Kier alpha value is -5.58. The van der Waals surface area contributed by atoms with E-state index in [4.69, 9.17) is 33.7 Å². The van der Waals surface area contributed by atoms with Crippen LogP contribution in [0.5, 0.6) is 0 Å². The van der Waals surface area contributed by atoms with Gasteiger partial charge in [-0.25, -0.2) is 14.6 Å². The first-order valence-electron chi connectivity index (χ1n) is 22.6. The van der Waals surface area contributed by atoms with Crippen molar-refractivity contribution in [2.45, 2.75) is 88.5 Å². The lowest BCUT2D eigenvalue weighted by Gasteiger charge is -2.36. The summed E-state index contributed by atoms with van der Waals surface area (Å²) in [6.45, 7) is 5.31. The zero-order chi connectivity index (χ0) is 44.7. The third kappa shape index (κ3) is 9.88. The number of rotatable bonds is 13. The number of likely N-dealkylation sites (tertiary alicyclic amines) is 2. The molecule has 3 N–H and O–H groups in total. The molecule has 2 aromatic carbocycles. The molecule has 0 spiro atoms. The number of aromatic nitrogens is 2. The van der Waals surface area contributed by atoms with Crippen LogP contribution in [0, 0.1) is 17.8 Å². The van der Waals surface area contributed by atoms with E-state index in [1.54, 1.807) is 7.11 Å². The number of imidazole rings is 1. The second-order valence-electron chi connectivity index (χ2n) is 17.7. The Balaban J connectivity index is 0.912. The summed E-state index contributed by atoms with van der Waals surface area (Å²) in [6.07, 6.45) is 8.18. The molecule has 0 aliphatic carbocycles. The van der Waals surface area contributed by atoms with Gasteiger partial charge in [0.1, 0.15) is 17.9 Å². The molecular weight excluding hydrogens is 819 g/mol. The van der Waals surface area contributed by atoms with Gasteiger partial charge in [0.15, 0.2) is 0 Å². The van der Waals surface area contributed by atoms with Gasteiger partial charge in [-0.2, -0.15) is 0 Å². The summed E-state index contributed by atoms with van der Waals surface area (Å²) in [7, 11) is 4.30. The predicted molar refractivity (Wildman–Crippen MR) is 239 cm³/mol. The normalized spacial score (nSPS) is 23.9. The van der Waals surface area contributed by atoms with Gasteiger partial charge in [-0.15, -0.1) is 0 Å². The molecule has 0 unspecified atom stereocenters. The van der Waals surface area contributed by atoms with E-state index in [1.807, 2.05) is 29.1 Å². The molecule has 1 aromatic heterocycles. The van der Waals surface area contributed by atoms with Gasteiger partial charge in [-0.3, -0.25) is 14.6 Å². The quantitative estimate of drug-likeness (QED) is 0.180. The van der Waals surface area contributed by atoms with Gasteiger partial charge in [-0.05, 0) is 91.5 Å². The number of benzene rings is 2. The van der Waals surface area contributed by atoms with E-state index in [9.17, 15) is 19.2 Å². The van der Waals surface area contributed by atoms with Crippen molar-refractivity contribution in [2.24, 2.45) is 22.7 Å². The number of H-pyrrole nitrogens is 1. The van der Waals surface area contributed by atoms with Crippen molar-refractivity contribution < 1.29 is 42.9 Å². The molecule has 16 heteroatoms. The van der Waals surface area contributed by atoms with E-state index in [2.05, 4.69) is 64.1 Å². The zero-order valence-corrected chi connectivity index (χ0v) is 37.3. The van der Waals surface area contributed by atoms with E-state index >= 15 is 0 Å². The summed E-state index contributed by atoms with van der Waals surface area (Å²) in [6, 6.07) is 14.9. The molecule has 342 valence electrons. The van der Waals surface area contributed by atoms with Gasteiger partial charge in [0, 0.05) is 70.4 Å². The monoisotopic (exact) mass is 879 g/mol. The van der Waals surface area contributed by atoms with Crippen LogP contribution >= 0.6 is 0 Å². The van der Waals surface area contributed by atoms with Crippen molar-refractivity contribution in [1.82, 2.24) is 30.4 Å². The molecule has 4 fully saturated rings. The second-order valence-corrected chi connectivity index (χ2v) is 17.7. The van der Waals surface area contributed by atoms with Crippen LogP contribution in [-0.4, -0.2) is 135 Å². The van der Waals surface area contributed by atoms with Gasteiger partial charge in [0.05, 0.1) is 44.8 Å². The molecule has 0 bridgehead atoms. The number of allylic oxidation sites excluding steroid dienone is 1. The molecule has 5 aliphatic heterocycles. The fourth-order valence-electron chi connectivity index (χ4n) is 10.2. The number of hydrogen-bond acceptors (Lipinski definition) is 11. The second kappa shape index (κ2) is 20.5. The average molecular weight is 880 g/mol. The summed E-state index contributed by atoms with van der Waals surface area (Å²) in [5.74, 6) is 0.544. The van der Waals surface area contributed by atoms with Crippen molar-refractivity contribution in [2.75, 3.05) is 60.9 Å². The Bertz CT molecular complexity index is 2180. The minimum atomic E-state index is -0.711. The SMILES string of the molecule is COC[C@H]1C[C@@H](C2=NC=C(c3ccc(-c4ccc(-c5cnc([C@@H]6CC[C@H](C)N6C(=O)[C@@H](NC(=O)OC)C6CCOCC6)[nH]5)cc4)cc3)C2)N(C(=O)[C@@H](NC(=O)OC)C2CCOCC2)C1. The fraction of sp³-hybridized carbons (Fsp3) is 0.542. The van der Waals surface area contributed by atoms with E-state index in [0.29, 0.717) is 71.7 Å². The number of ether oxygens (including phenoxy) is 5. The molecule has 4 amide bonds. The number of alkyl carbamates (subject to hydrolysis) is 2. The van der Waals surface area contributed by atoms with Crippen LogP contribution in [0.25, 0.3) is 28.0 Å². The maximum atomic E-state index is 14.3. The lowest BCUT2D eigenvalue weighted by molar-refractivity contribution is -0.138. The van der Waals surface area contributed by atoms with Gasteiger partial charge >= 0.3 is 12.2 Å². The Kier molecular flexibility index (Phi) is 14.4. The number of hydrogen-bond donors (Lipinski definition) is 3. The summed E-state index contributed by atoms with van der Waals surface area (Å²) in [4.78, 5) is 70.2. The lowest BCUT2D eigenvalue weighted by Crippen LogP contribution is -2.55. The van der Waals surface area contributed by atoms with Crippen LogP contribution in [0.1, 0.15) is 75.7 Å². The standard InChI is InChI=1S/C48H61N7O9/c1-29-5-14-40(55(29)46(57)43(53-48(59)62-4)36-17-21-64-22-18-36)44-50-26-39(51-44)34-12-10-32(11-13-34)31-6-8-33(9-7-31)37-24-38(49-25-37)41-23-30(28-60-2)27-54(41)45(56)42(52-47(58)61-3)35-15-19-63-20-16-35/h6-13,25-26,29-30,35-36,40-43H,5,14-24,27-28H2,1-4H3,(H,50,51)(H,52,58)(H,53,59)/t29-,30-,40-,41-,42-,43-/m0/s1. The van der Waals surface area contributed by atoms with E-state index in [1.165, 1.54) is 14.2 Å². The minimum Gasteiger partial charge on any atom is -0.453 e. The van der Waals surface area contributed by atoms with Crippen LogP contribution in [0.15, 0.2) is 65.9 Å². The molecule has 5 aliphatic rings. The molecule has 4 saturated heterocycles. The van der Waals surface area contributed by atoms with Crippen molar-refractivity contribution >= 4 is 35.3 Å². The van der Waals surface area contributed by atoms with Crippen LogP contribution in [0.4, 0.5) is 9.59 Å². The van der Waals surface area contributed by atoms with E-state index < -0.39 is 24.3 Å². The number of nitrogens with one attached hydrogen (secondary N) is 3. The number of amides is 4. The minimum absolute atomic E-state index is 0.0151. The first-order chi connectivity index (χ1) is 31.1. The number of nitrogens with zero attached hydrogens (tertiary/aromatic N) is 4. The zero-order valence-electron chi connectivity index (χ0n) is 37.3. The van der Waals surface area contributed by atoms with Gasteiger partial charge < -0.3 is 49.1 Å². The Morgan fingerprint density at radius 2 is 1.31 bits per heavy atom. The highest BCUT2D eigenvalue weighted by atomic mass is 16.5. The number of aliphatic imine (C=N–C) groups is 1. The molecule has 6 atom stereocenters. The number of methoxy groups -OCH3 is 3. The lowest BCUT2D eigenvalue weighted by atomic mass is 9.90. The average Bonchev–Trinajstić information content (AvgIpc) is 4.17. The fourth-order valence-corrected chi connectivity index (χ4v) is 10.2. The number of aromatic amines is 1. The maximum absolute atomic E-state index is 14.3. The molecular formula is C48H61N7O9. The highest BCUT2D eigenvalue weighted by Crippen LogP contribution is 2.38. The van der Waals surface area contributed by atoms with Crippen molar-refractivity contribution in [3.05, 3.63) is 72.3 Å². The predicted octanol–water partition coefficient (Wildman–Crippen LogP) is 6.15. The Labute approximate surface area is 374 Å². The summed E-state index contributed by atoms with van der Waals surface area (Å²) >= 11 is 0. The van der Waals surface area contributed by atoms with Gasteiger partial charge in [0.25, 0.3) is 0 Å². The highest BCUT2D eigenvalue weighted by Gasteiger charge is 2.45. The summed E-state index contributed by atoms with van der Waals surface area (Å²) in [5.41, 5.74) is 7.05. The van der Waals surface area contributed by atoms with Crippen LogP contribution in [-0.2, 0) is 33.3 Å². The Morgan fingerprint density at radius 1 is 0.750 bits per heavy atom. The topological polar surface area (TPSA) is 186 Å². The van der Waals surface area contributed by atoms with Crippen LogP contribution in [0.3, 0.4) is 0 Å². The molecule has 64 heavy (non-hydrogen) atoms. The first kappa shape index (κ1) is 45.0. The third-order valence-corrected chi connectivity index (χ3v) is 13.8. The molecule has 6 heterocycles. The van der Waals surface area contributed by atoms with Crippen molar-refractivity contribution in [3.8, 4) is 22.4 Å². The van der Waals surface area contributed by atoms with Crippen LogP contribution < -0.4 is 10.6 Å². The first-order valence-corrected chi connectivity index (χ1v) is 22.6. The molecule has 8 rings (SSSR count). The number of carbonyl (C=O) groups excluding carboxylic acids is 4. The van der Waals surface area contributed by atoms with Gasteiger partial charge in [0.2, 0.25) is 11.8 Å². The summed E-state index contributed by atoms with van der Waals surface area (Å²) < 4.78 is 26.5. The van der Waals surface area contributed by atoms with E-state index in [0.717, 1.165) is 64.3 Å². The van der Waals surface area contributed by atoms with Crippen LogP contribution in [0.2, 0.25) is 0 Å². The molecule has 0 radical (unpaired) electrons.